The third kappa shape index (κ3) is 3.62. The van der Waals surface area contributed by atoms with Crippen LogP contribution < -0.4 is 4.72 Å². The van der Waals surface area contributed by atoms with Gasteiger partial charge < -0.3 is 4.40 Å². The van der Waals surface area contributed by atoms with Crippen LogP contribution in [0.15, 0.2) is 67.1 Å². The van der Waals surface area contributed by atoms with Crippen LogP contribution in [0.2, 0.25) is 0 Å². The van der Waals surface area contributed by atoms with Gasteiger partial charge in [-0.05, 0) is 36.8 Å². The lowest BCUT2D eigenvalue weighted by Crippen LogP contribution is -2.31. The van der Waals surface area contributed by atoms with Gasteiger partial charge in [0.1, 0.15) is 0 Å². The SMILES string of the molecule is CC(=O)c1ccc2c(C(=O)NS(=O)(=O)Cc3cccnc3)c3ccccn3c2c1. The van der Waals surface area contributed by atoms with Crippen LogP contribution in [0.3, 0.4) is 0 Å². The van der Waals surface area contributed by atoms with Crippen molar-refractivity contribution in [2.75, 3.05) is 0 Å². The third-order valence-corrected chi connectivity index (χ3v) is 5.81. The van der Waals surface area contributed by atoms with Crippen molar-refractivity contribution in [3.05, 3.63) is 83.8 Å². The number of nitrogens with one attached hydrogen (secondary N) is 1. The Balaban J connectivity index is 1.78. The summed E-state index contributed by atoms with van der Waals surface area (Å²) in [6, 6.07) is 13.6. The van der Waals surface area contributed by atoms with E-state index in [1.807, 2.05) is 0 Å². The van der Waals surface area contributed by atoms with Gasteiger partial charge in [0.25, 0.3) is 5.91 Å². The first kappa shape index (κ1) is 18.8. The van der Waals surface area contributed by atoms with Crippen LogP contribution in [-0.2, 0) is 15.8 Å². The molecule has 1 aromatic carbocycles. The van der Waals surface area contributed by atoms with Crippen LogP contribution in [0, 0.1) is 0 Å². The van der Waals surface area contributed by atoms with Crippen LogP contribution in [0.5, 0.6) is 0 Å². The maximum atomic E-state index is 13.0. The zero-order chi connectivity index (χ0) is 20.6. The average Bonchev–Trinajstić information content (AvgIpc) is 3.01. The number of aromatic nitrogens is 2. The number of benzene rings is 1. The van der Waals surface area contributed by atoms with Crippen molar-refractivity contribution < 1.29 is 18.0 Å². The van der Waals surface area contributed by atoms with Gasteiger partial charge in [0.05, 0.1) is 22.3 Å². The molecule has 3 heterocycles. The summed E-state index contributed by atoms with van der Waals surface area (Å²) < 4.78 is 28.9. The minimum Gasteiger partial charge on any atom is -0.316 e. The molecular weight excluding hydrogens is 390 g/mol. The summed E-state index contributed by atoms with van der Waals surface area (Å²) in [5, 5.41) is 0.565. The molecule has 0 aliphatic heterocycles. The van der Waals surface area contributed by atoms with E-state index in [9.17, 15) is 18.0 Å². The lowest BCUT2D eigenvalue weighted by Gasteiger charge is -2.07. The molecule has 0 bridgehead atoms. The lowest BCUT2D eigenvalue weighted by molar-refractivity contribution is 0.0982. The summed E-state index contributed by atoms with van der Waals surface area (Å²) in [6.45, 7) is 1.47. The molecule has 0 aliphatic carbocycles. The zero-order valence-corrected chi connectivity index (χ0v) is 16.3. The molecule has 3 aromatic heterocycles. The molecular formula is C21H17N3O4S. The first-order valence-electron chi connectivity index (χ1n) is 8.83. The summed E-state index contributed by atoms with van der Waals surface area (Å²) in [6.07, 6.45) is 4.75. The van der Waals surface area contributed by atoms with Gasteiger partial charge in [-0.1, -0.05) is 24.3 Å². The van der Waals surface area contributed by atoms with E-state index >= 15 is 0 Å². The van der Waals surface area contributed by atoms with Gasteiger partial charge >= 0.3 is 0 Å². The van der Waals surface area contributed by atoms with Gasteiger partial charge in [-0.25, -0.2) is 13.1 Å². The number of hydrogen-bond donors (Lipinski definition) is 1. The van der Waals surface area contributed by atoms with Gasteiger partial charge in [0, 0.05) is 29.5 Å². The van der Waals surface area contributed by atoms with Crippen LogP contribution in [0.4, 0.5) is 0 Å². The molecule has 0 aliphatic rings. The van der Waals surface area contributed by atoms with E-state index in [4.69, 9.17) is 0 Å². The average molecular weight is 407 g/mol. The smallest absolute Gasteiger partial charge is 0.267 e. The lowest BCUT2D eigenvalue weighted by atomic mass is 10.1. The Labute approximate surface area is 167 Å². The molecule has 1 N–H and O–H groups in total. The number of sulfonamides is 1. The molecule has 0 atom stereocenters. The van der Waals surface area contributed by atoms with Crippen molar-refractivity contribution in [3.8, 4) is 0 Å². The molecule has 4 rings (SSSR count). The standard InChI is InChI=1S/C21H17N3O4S/c1-14(25)16-7-8-17-19(11-16)24-10-3-2-6-18(24)20(17)21(26)23-29(27,28)13-15-5-4-9-22-12-15/h2-12H,13H2,1H3,(H,23,26). The Morgan fingerprint density at radius 1 is 1.07 bits per heavy atom. The van der Waals surface area contributed by atoms with E-state index in [0.717, 1.165) is 0 Å². The summed E-state index contributed by atoms with van der Waals surface area (Å²) in [7, 11) is -3.92. The molecule has 0 fully saturated rings. The Morgan fingerprint density at radius 3 is 2.62 bits per heavy atom. The predicted octanol–water partition coefficient (Wildman–Crippen LogP) is 2.95. The number of ketones is 1. The molecule has 4 aromatic rings. The maximum absolute atomic E-state index is 13.0. The second-order valence-electron chi connectivity index (χ2n) is 6.67. The van der Waals surface area contributed by atoms with Gasteiger partial charge in [-0.2, -0.15) is 0 Å². The highest BCUT2D eigenvalue weighted by atomic mass is 32.2. The number of carbonyl (C=O) groups excluding carboxylic acids is 2. The first-order valence-corrected chi connectivity index (χ1v) is 10.5. The molecule has 29 heavy (non-hydrogen) atoms. The van der Waals surface area contributed by atoms with E-state index < -0.39 is 15.9 Å². The number of nitrogens with zero attached hydrogens (tertiary/aromatic N) is 2. The van der Waals surface area contributed by atoms with Crippen molar-refractivity contribution in [1.29, 1.82) is 0 Å². The predicted molar refractivity (Wildman–Crippen MR) is 109 cm³/mol. The number of carbonyl (C=O) groups is 2. The van der Waals surface area contributed by atoms with Crippen molar-refractivity contribution >= 4 is 38.1 Å². The molecule has 0 spiro atoms. The molecule has 0 unspecified atom stereocenters. The summed E-state index contributed by atoms with van der Waals surface area (Å²) in [5.41, 5.74) is 2.44. The Morgan fingerprint density at radius 2 is 1.90 bits per heavy atom. The molecule has 146 valence electrons. The van der Waals surface area contributed by atoms with Crippen molar-refractivity contribution in [2.45, 2.75) is 12.7 Å². The quantitative estimate of drug-likeness (QED) is 0.513. The van der Waals surface area contributed by atoms with Crippen LogP contribution in [0.25, 0.3) is 16.4 Å². The molecule has 1 amide bonds. The van der Waals surface area contributed by atoms with E-state index in [-0.39, 0.29) is 17.1 Å². The maximum Gasteiger partial charge on any atom is 0.267 e. The fourth-order valence-corrected chi connectivity index (χ4v) is 4.39. The van der Waals surface area contributed by atoms with E-state index in [0.29, 0.717) is 27.5 Å². The topological polar surface area (TPSA) is 97.6 Å². The second kappa shape index (κ2) is 7.14. The van der Waals surface area contributed by atoms with E-state index in [1.165, 1.54) is 13.1 Å². The number of fused-ring (bicyclic) bond motifs is 3. The van der Waals surface area contributed by atoms with Gasteiger partial charge in [0.2, 0.25) is 10.0 Å². The van der Waals surface area contributed by atoms with Crippen molar-refractivity contribution in [1.82, 2.24) is 14.1 Å². The van der Waals surface area contributed by atoms with Crippen LogP contribution in [-0.4, -0.2) is 29.5 Å². The van der Waals surface area contributed by atoms with Gasteiger partial charge in [-0.3, -0.25) is 14.6 Å². The second-order valence-corrected chi connectivity index (χ2v) is 8.39. The zero-order valence-electron chi connectivity index (χ0n) is 15.5. The Hall–Kier alpha value is -3.52. The van der Waals surface area contributed by atoms with Crippen LogP contribution in [0.1, 0.15) is 33.2 Å². The largest absolute Gasteiger partial charge is 0.316 e. The molecule has 7 nitrogen and oxygen atoms in total. The third-order valence-electron chi connectivity index (χ3n) is 4.60. The Bertz CT molecular complexity index is 1360. The van der Waals surface area contributed by atoms with Gasteiger partial charge in [0.15, 0.2) is 5.78 Å². The molecule has 0 saturated carbocycles. The Kier molecular flexibility index (Phi) is 4.63. The van der Waals surface area contributed by atoms with Crippen molar-refractivity contribution in [3.63, 3.8) is 0 Å². The number of rotatable bonds is 5. The number of amides is 1. The van der Waals surface area contributed by atoms with Crippen molar-refractivity contribution in [2.24, 2.45) is 0 Å². The minimum absolute atomic E-state index is 0.0946. The van der Waals surface area contributed by atoms with E-state index in [1.54, 1.807) is 65.3 Å². The molecule has 0 radical (unpaired) electrons. The normalized spacial score (nSPS) is 11.6. The monoisotopic (exact) mass is 407 g/mol. The number of pyridine rings is 2. The summed E-state index contributed by atoms with van der Waals surface area (Å²) in [4.78, 5) is 28.6. The highest BCUT2D eigenvalue weighted by molar-refractivity contribution is 7.89. The molecule has 8 heteroatoms. The van der Waals surface area contributed by atoms with Gasteiger partial charge in [-0.15, -0.1) is 0 Å². The number of hydrogen-bond acceptors (Lipinski definition) is 5. The molecule has 0 saturated heterocycles. The highest BCUT2D eigenvalue weighted by Crippen LogP contribution is 2.28. The summed E-state index contributed by atoms with van der Waals surface area (Å²) >= 11 is 0. The summed E-state index contributed by atoms with van der Waals surface area (Å²) in [5.74, 6) is -1.17. The first-order chi connectivity index (χ1) is 13.9. The van der Waals surface area contributed by atoms with Crippen LogP contribution >= 0.6 is 0 Å². The number of Topliss-reactive ketones (excluding diaryl/α,β-unsaturated/α-hetero) is 1. The minimum atomic E-state index is -3.92. The van der Waals surface area contributed by atoms with E-state index in [2.05, 4.69) is 9.71 Å². The fourth-order valence-electron chi connectivity index (χ4n) is 3.33. The fraction of sp³-hybridized carbons (Fsp3) is 0.0952. The highest BCUT2D eigenvalue weighted by Gasteiger charge is 2.23.